The van der Waals surface area contributed by atoms with Crippen LogP contribution in [0.4, 0.5) is 0 Å². The minimum absolute atomic E-state index is 0.309. The van der Waals surface area contributed by atoms with Gasteiger partial charge in [0.05, 0.1) is 12.3 Å². The molecule has 1 fully saturated rings. The predicted octanol–water partition coefficient (Wildman–Crippen LogP) is 4.64. The summed E-state index contributed by atoms with van der Waals surface area (Å²) in [4.78, 5) is 4.36. The maximum atomic E-state index is 5.77. The summed E-state index contributed by atoms with van der Waals surface area (Å²) in [6.45, 7) is 10.2. The van der Waals surface area contributed by atoms with E-state index in [-0.39, 0.29) is 0 Å². The molecule has 1 aromatic heterocycles. The van der Waals surface area contributed by atoms with Gasteiger partial charge in [0, 0.05) is 25.6 Å². The van der Waals surface area contributed by atoms with Crippen molar-refractivity contribution in [1.82, 2.24) is 4.98 Å². The van der Waals surface area contributed by atoms with Crippen molar-refractivity contribution >= 4 is 0 Å². The zero-order chi connectivity index (χ0) is 15.4. The highest BCUT2D eigenvalue weighted by atomic mass is 16.5. The number of aromatic nitrogens is 1. The van der Waals surface area contributed by atoms with Gasteiger partial charge in [0.15, 0.2) is 0 Å². The van der Waals surface area contributed by atoms with E-state index in [9.17, 15) is 0 Å². The molecule has 1 aliphatic carbocycles. The van der Waals surface area contributed by atoms with Crippen LogP contribution in [0.25, 0.3) is 0 Å². The van der Waals surface area contributed by atoms with Crippen molar-refractivity contribution < 1.29 is 9.47 Å². The first-order chi connectivity index (χ1) is 9.81. The summed E-state index contributed by atoms with van der Waals surface area (Å²) < 4.78 is 11.0. The van der Waals surface area contributed by atoms with Gasteiger partial charge in [-0.3, -0.25) is 4.98 Å². The highest BCUT2D eigenvalue weighted by molar-refractivity contribution is 5.20. The smallest absolute Gasteiger partial charge is 0.138 e. The van der Waals surface area contributed by atoms with Crippen LogP contribution in [0.2, 0.25) is 0 Å². The lowest BCUT2D eigenvalue weighted by atomic mass is 9.92. The molecule has 0 aliphatic heterocycles. The van der Waals surface area contributed by atoms with Crippen LogP contribution in [0.5, 0.6) is 5.75 Å². The van der Waals surface area contributed by atoms with Crippen molar-refractivity contribution in [2.24, 2.45) is 0 Å². The van der Waals surface area contributed by atoms with Crippen molar-refractivity contribution in [3.05, 3.63) is 24.0 Å². The monoisotopic (exact) mass is 281 g/mol. The number of rotatable bonds is 5. The molecule has 0 atom stereocenters. The van der Waals surface area contributed by atoms with Gasteiger partial charge in [-0.05, 0) is 18.6 Å². The summed E-state index contributed by atoms with van der Waals surface area (Å²) in [5.74, 6) is 0.874. The first-order valence-corrected chi connectivity index (χ1v) is 7.96. The van der Waals surface area contributed by atoms with Crippen molar-refractivity contribution in [2.45, 2.75) is 72.5 Å². The van der Waals surface area contributed by atoms with Gasteiger partial charge < -0.3 is 9.47 Å². The third-order valence-electron chi connectivity index (χ3n) is 2.99. The molecule has 0 saturated heterocycles. The van der Waals surface area contributed by atoms with Crippen LogP contribution in [0.15, 0.2) is 18.3 Å². The summed E-state index contributed by atoms with van der Waals surface area (Å²) in [7, 11) is 1.75. The molecule has 0 aromatic carbocycles. The number of hydrogen-bond donors (Lipinski definition) is 0. The Kier molecular flexibility index (Phi) is 11.1. The average molecular weight is 281 g/mol. The van der Waals surface area contributed by atoms with Crippen LogP contribution in [0.3, 0.4) is 0 Å². The van der Waals surface area contributed by atoms with Crippen molar-refractivity contribution in [3.8, 4) is 5.75 Å². The molecule has 1 aromatic rings. The van der Waals surface area contributed by atoms with E-state index < -0.39 is 0 Å². The Labute approximate surface area is 124 Å². The lowest BCUT2D eigenvalue weighted by Crippen LogP contribution is -2.38. The lowest BCUT2D eigenvalue weighted by Gasteiger charge is -2.34. The summed E-state index contributed by atoms with van der Waals surface area (Å²) >= 11 is 0. The maximum Gasteiger partial charge on any atom is 0.138 e. The zero-order valence-corrected chi connectivity index (χ0v) is 14.0. The van der Waals surface area contributed by atoms with Crippen LogP contribution >= 0.6 is 0 Å². The fourth-order valence-electron chi connectivity index (χ4n) is 1.88. The van der Waals surface area contributed by atoms with E-state index in [2.05, 4.69) is 11.9 Å². The Bertz CT molecular complexity index is 318. The number of hydrogen-bond acceptors (Lipinski definition) is 3. The van der Waals surface area contributed by atoms with Gasteiger partial charge in [0.2, 0.25) is 0 Å². The Morgan fingerprint density at radius 2 is 1.75 bits per heavy atom. The van der Waals surface area contributed by atoms with Gasteiger partial charge in [0.1, 0.15) is 11.9 Å². The SMILES string of the molecule is CC.CC.CCCc1ccc(OC2CC(OC)C2)cn1. The minimum Gasteiger partial charge on any atom is -0.489 e. The zero-order valence-electron chi connectivity index (χ0n) is 14.0. The van der Waals surface area contributed by atoms with E-state index in [1.165, 1.54) is 0 Å². The normalized spacial score (nSPS) is 19.7. The third-order valence-corrected chi connectivity index (χ3v) is 2.99. The molecule has 0 N–H and O–H groups in total. The molecular weight excluding hydrogens is 250 g/mol. The van der Waals surface area contributed by atoms with Crippen LogP contribution in [-0.2, 0) is 11.2 Å². The van der Waals surface area contributed by atoms with E-state index in [1.54, 1.807) is 7.11 Å². The van der Waals surface area contributed by atoms with E-state index in [0.717, 1.165) is 37.1 Å². The number of ether oxygens (including phenoxy) is 2. The molecule has 0 radical (unpaired) electrons. The number of nitrogens with zero attached hydrogens (tertiary/aromatic N) is 1. The van der Waals surface area contributed by atoms with Crippen molar-refractivity contribution in [1.29, 1.82) is 0 Å². The van der Waals surface area contributed by atoms with Crippen LogP contribution in [0, 0.1) is 0 Å². The first kappa shape index (κ1) is 18.9. The molecule has 3 heteroatoms. The number of aryl methyl sites for hydroxylation is 1. The molecule has 0 unspecified atom stereocenters. The molecule has 3 nitrogen and oxygen atoms in total. The quantitative estimate of drug-likeness (QED) is 0.787. The van der Waals surface area contributed by atoms with Gasteiger partial charge in [-0.1, -0.05) is 41.0 Å². The second-order valence-electron chi connectivity index (χ2n) is 4.30. The average Bonchev–Trinajstić information content (AvgIpc) is 2.48. The summed E-state index contributed by atoms with van der Waals surface area (Å²) in [6, 6.07) is 4.06. The van der Waals surface area contributed by atoms with E-state index in [1.807, 2.05) is 46.0 Å². The van der Waals surface area contributed by atoms with Crippen LogP contribution in [-0.4, -0.2) is 24.3 Å². The Morgan fingerprint density at radius 1 is 1.10 bits per heavy atom. The molecular formula is C17H31NO2. The van der Waals surface area contributed by atoms with E-state index >= 15 is 0 Å². The van der Waals surface area contributed by atoms with Gasteiger partial charge in [-0.25, -0.2) is 0 Å². The fraction of sp³-hybridized carbons (Fsp3) is 0.706. The van der Waals surface area contributed by atoms with Crippen molar-refractivity contribution in [3.63, 3.8) is 0 Å². The van der Waals surface area contributed by atoms with Gasteiger partial charge in [0.25, 0.3) is 0 Å². The molecule has 116 valence electrons. The largest absolute Gasteiger partial charge is 0.489 e. The molecule has 20 heavy (non-hydrogen) atoms. The van der Waals surface area contributed by atoms with Gasteiger partial charge in [-0.15, -0.1) is 0 Å². The van der Waals surface area contributed by atoms with Gasteiger partial charge >= 0.3 is 0 Å². The van der Waals surface area contributed by atoms with Crippen molar-refractivity contribution in [2.75, 3.05) is 7.11 Å². The molecule has 0 bridgehead atoms. The summed E-state index contributed by atoms with van der Waals surface area (Å²) in [5.41, 5.74) is 1.14. The second-order valence-corrected chi connectivity index (χ2v) is 4.30. The summed E-state index contributed by atoms with van der Waals surface area (Å²) in [5, 5.41) is 0. The number of pyridine rings is 1. The fourth-order valence-corrected chi connectivity index (χ4v) is 1.88. The molecule has 1 saturated carbocycles. The Hall–Kier alpha value is -1.09. The van der Waals surface area contributed by atoms with E-state index in [4.69, 9.17) is 9.47 Å². The second kappa shape index (κ2) is 11.7. The lowest BCUT2D eigenvalue weighted by molar-refractivity contribution is -0.0382. The Morgan fingerprint density at radius 3 is 2.20 bits per heavy atom. The first-order valence-electron chi connectivity index (χ1n) is 7.96. The van der Waals surface area contributed by atoms with Crippen LogP contribution in [0.1, 0.15) is 59.6 Å². The number of methoxy groups -OCH3 is 1. The standard InChI is InChI=1S/C13H19NO2.2C2H6/c1-3-4-10-5-6-11(9-14-10)16-13-7-12(8-13)15-2;2*1-2/h5-6,9,12-13H,3-4,7-8H2,1-2H3;2*1-2H3. The highest BCUT2D eigenvalue weighted by Gasteiger charge is 2.30. The molecule has 0 amide bonds. The highest BCUT2D eigenvalue weighted by Crippen LogP contribution is 2.27. The van der Waals surface area contributed by atoms with E-state index in [0.29, 0.717) is 12.2 Å². The summed E-state index contributed by atoms with van der Waals surface area (Å²) in [6.07, 6.45) is 6.67. The van der Waals surface area contributed by atoms with Crippen LogP contribution < -0.4 is 4.74 Å². The topological polar surface area (TPSA) is 31.4 Å². The third kappa shape index (κ3) is 6.38. The Balaban J connectivity index is 0.000000829. The van der Waals surface area contributed by atoms with Gasteiger partial charge in [-0.2, -0.15) is 0 Å². The maximum absolute atomic E-state index is 5.77. The molecule has 1 aliphatic rings. The molecule has 1 heterocycles. The molecule has 0 spiro atoms. The molecule has 2 rings (SSSR count). The predicted molar refractivity (Wildman–Crippen MR) is 85.4 cm³/mol. The minimum atomic E-state index is 0.309.